The number of carbonyl (C=O) groups is 1. The van der Waals surface area contributed by atoms with Crippen molar-refractivity contribution in [3.8, 4) is 23.0 Å². The standard InChI is InChI=1S/C24H13BF2N2O3/c26-25(27)29-19(11-15-10-9-14-5-1-2-6-18(14)28-15)16-12-22-23(13-17(16)24(29)30)32-21-8-4-3-7-20(21)31-22/h1-13H/b19-11-. The van der Waals surface area contributed by atoms with Crippen molar-refractivity contribution < 1.29 is 22.9 Å². The minimum Gasteiger partial charge on any atom is -0.449 e. The van der Waals surface area contributed by atoms with Gasteiger partial charge in [0.15, 0.2) is 23.0 Å². The molecule has 1 aromatic heterocycles. The van der Waals surface area contributed by atoms with Crippen molar-refractivity contribution in [1.29, 1.82) is 0 Å². The summed E-state index contributed by atoms with van der Waals surface area (Å²) in [7, 11) is -3.02. The number of pyridine rings is 1. The smallest absolute Gasteiger partial charge is 0.449 e. The number of benzene rings is 3. The van der Waals surface area contributed by atoms with Gasteiger partial charge >= 0.3 is 7.40 Å². The van der Waals surface area contributed by atoms with E-state index >= 15 is 0 Å². The highest BCUT2D eigenvalue weighted by molar-refractivity contribution is 6.49. The van der Waals surface area contributed by atoms with E-state index in [9.17, 15) is 13.4 Å². The van der Waals surface area contributed by atoms with Gasteiger partial charge in [-0.25, -0.2) is 4.98 Å². The van der Waals surface area contributed by atoms with Gasteiger partial charge in [-0.05, 0) is 42.5 Å². The minimum absolute atomic E-state index is 0.0630. The first kappa shape index (κ1) is 18.6. The number of hydrogen-bond acceptors (Lipinski definition) is 4. The van der Waals surface area contributed by atoms with Gasteiger partial charge in [-0.2, -0.15) is 0 Å². The number of para-hydroxylation sites is 3. The Balaban J connectivity index is 1.50. The lowest BCUT2D eigenvalue weighted by molar-refractivity contribution is 0.0901. The molecule has 1 amide bonds. The Morgan fingerprint density at radius 3 is 2.19 bits per heavy atom. The van der Waals surface area contributed by atoms with E-state index in [1.54, 1.807) is 36.4 Å². The Morgan fingerprint density at radius 2 is 1.47 bits per heavy atom. The third-order valence-corrected chi connectivity index (χ3v) is 5.46. The van der Waals surface area contributed by atoms with Crippen LogP contribution in [0, 0.1) is 0 Å². The molecule has 5 nitrogen and oxygen atoms in total. The molecule has 0 aliphatic carbocycles. The summed E-state index contributed by atoms with van der Waals surface area (Å²) in [4.78, 5) is 17.9. The fourth-order valence-corrected chi connectivity index (χ4v) is 3.98. The van der Waals surface area contributed by atoms with Gasteiger partial charge in [-0.1, -0.05) is 36.4 Å². The average molecular weight is 426 g/mol. The van der Waals surface area contributed by atoms with Crippen molar-refractivity contribution in [2.24, 2.45) is 0 Å². The predicted octanol–water partition coefficient (Wildman–Crippen LogP) is 6.01. The van der Waals surface area contributed by atoms with E-state index in [0.717, 1.165) is 10.9 Å². The molecule has 6 rings (SSSR count). The molecular formula is C24H13BF2N2O3. The number of hydrogen-bond donors (Lipinski definition) is 0. The Morgan fingerprint density at radius 1 is 0.812 bits per heavy atom. The number of rotatable bonds is 2. The molecule has 0 unspecified atom stereocenters. The second-order valence-electron chi connectivity index (χ2n) is 7.41. The second kappa shape index (κ2) is 6.92. The van der Waals surface area contributed by atoms with Crippen molar-refractivity contribution in [3.63, 3.8) is 0 Å². The average Bonchev–Trinajstić information content (AvgIpc) is 3.06. The summed E-state index contributed by atoms with van der Waals surface area (Å²) in [6, 6.07) is 21.2. The maximum Gasteiger partial charge on any atom is 0.680 e. The van der Waals surface area contributed by atoms with Gasteiger partial charge in [0.2, 0.25) is 0 Å². The number of amides is 1. The first-order valence-electron chi connectivity index (χ1n) is 9.91. The molecular weight excluding hydrogens is 413 g/mol. The zero-order valence-electron chi connectivity index (χ0n) is 16.5. The molecule has 8 heteroatoms. The van der Waals surface area contributed by atoms with Gasteiger partial charge in [0.05, 0.1) is 16.8 Å². The van der Waals surface area contributed by atoms with Gasteiger partial charge < -0.3 is 9.47 Å². The van der Waals surface area contributed by atoms with Gasteiger partial charge in [-0.3, -0.25) is 18.2 Å². The lowest BCUT2D eigenvalue weighted by Crippen LogP contribution is -2.32. The first-order valence-corrected chi connectivity index (χ1v) is 9.91. The van der Waals surface area contributed by atoms with E-state index in [2.05, 4.69) is 4.98 Å². The van der Waals surface area contributed by atoms with Crippen LogP contribution < -0.4 is 9.47 Å². The predicted molar refractivity (Wildman–Crippen MR) is 117 cm³/mol. The minimum atomic E-state index is -3.02. The normalized spacial score (nSPS) is 15.1. The Bertz CT molecular complexity index is 1450. The zero-order chi connectivity index (χ0) is 21.8. The third-order valence-electron chi connectivity index (χ3n) is 5.46. The number of aromatic nitrogens is 1. The highest BCUT2D eigenvalue weighted by atomic mass is 19.2. The van der Waals surface area contributed by atoms with E-state index in [0.29, 0.717) is 39.1 Å². The molecule has 0 saturated heterocycles. The Hall–Kier alpha value is -4.20. The zero-order valence-corrected chi connectivity index (χ0v) is 16.5. The number of carbonyl (C=O) groups excluding carboxylic acids is 1. The topological polar surface area (TPSA) is 51.7 Å². The van der Waals surface area contributed by atoms with E-state index < -0.39 is 13.3 Å². The van der Waals surface area contributed by atoms with Crippen LogP contribution in [0.2, 0.25) is 0 Å². The second-order valence-corrected chi connectivity index (χ2v) is 7.41. The summed E-state index contributed by atoms with van der Waals surface area (Å²) in [5.74, 6) is 0.857. The lowest BCUT2D eigenvalue weighted by atomic mass is 10.0. The molecule has 3 heterocycles. The quantitative estimate of drug-likeness (QED) is 0.325. The molecule has 4 aromatic rings. The summed E-state index contributed by atoms with van der Waals surface area (Å²) in [6.07, 6.45) is 1.49. The molecule has 154 valence electrons. The molecule has 2 aliphatic heterocycles. The summed E-state index contributed by atoms with van der Waals surface area (Å²) >= 11 is 0. The van der Waals surface area contributed by atoms with Crippen LogP contribution in [0.3, 0.4) is 0 Å². The van der Waals surface area contributed by atoms with Crippen molar-refractivity contribution in [3.05, 3.63) is 89.6 Å². The number of ether oxygens (including phenoxy) is 2. The van der Waals surface area contributed by atoms with Crippen LogP contribution in [0.15, 0.2) is 72.8 Å². The molecule has 0 saturated carbocycles. The third kappa shape index (κ3) is 2.84. The Kier molecular flexibility index (Phi) is 4.01. The van der Waals surface area contributed by atoms with Crippen molar-refractivity contribution in [1.82, 2.24) is 9.79 Å². The van der Waals surface area contributed by atoms with E-state index in [1.165, 1.54) is 12.1 Å². The summed E-state index contributed by atoms with van der Waals surface area (Å²) in [6.45, 7) is 0. The van der Waals surface area contributed by atoms with Gasteiger partial charge in [0, 0.05) is 16.6 Å². The monoisotopic (exact) mass is 426 g/mol. The van der Waals surface area contributed by atoms with Crippen molar-refractivity contribution in [2.75, 3.05) is 0 Å². The highest BCUT2D eigenvalue weighted by Gasteiger charge is 2.43. The largest absolute Gasteiger partial charge is 0.680 e. The fourth-order valence-electron chi connectivity index (χ4n) is 3.98. The SMILES string of the molecule is O=C1c2cc3c(cc2/C(=C/c2ccc4ccccc4n2)N1B(F)F)Oc1ccccc1O3. The van der Waals surface area contributed by atoms with Crippen LogP contribution in [0.1, 0.15) is 21.6 Å². The molecule has 0 spiro atoms. The van der Waals surface area contributed by atoms with E-state index in [4.69, 9.17) is 9.47 Å². The van der Waals surface area contributed by atoms with E-state index in [-0.39, 0.29) is 11.3 Å². The van der Waals surface area contributed by atoms with Crippen LogP contribution >= 0.6 is 0 Å². The summed E-state index contributed by atoms with van der Waals surface area (Å²) in [5, 5.41) is 0.932. The Labute approximate surface area is 181 Å². The van der Waals surface area contributed by atoms with Gasteiger partial charge in [-0.15, -0.1) is 0 Å². The van der Waals surface area contributed by atoms with Gasteiger partial charge in [0.25, 0.3) is 5.91 Å². The molecule has 3 aromatic carbocycles. The highest BCUT2D eigenvalue weighted by Crippen LogP contribution is 2.49. The van der Waals surface area contributed by atoms with Crippen LogP contribution in [0.5, 0.6) is 23.0 Å². The van der Waals surface area contributed by atoms with Crippen molar-refractivity contribution in [2.45, 2.75) is 0 Å². The molecule has 32 heavy (non-hydrogen) atoms. The van der Waals surface area contributed by atoms with Gasteiger partial charge in [0.1, 0.15) is 0 Å². The molecule has 0 fully saturated rings. The van der Waals surface area contributed by atoms with Crippen LogP contribution in [-0.2, 0) is 0 Å². The van der Waals surface area contributed by atoms with Crippen LogP contribution in [0.25, 0.3) is 22.7 Å². The van der Waals surface area contributed by atoms with E-state index in [1.807, 2.05) is 30.3 Å². The maximum atomic E-state index is 13.9. The maximum absolute atomic E-state index is 13.9. The number of halogens is 2. The summed E-state index contributed by atoms with van der Waals surface area (Å²) < 4.78 is 39.6. The molecule has 2 aliphatic rings. The first-order chi connectivity index (χ1) is 15.6. The number of fused-ring (bicyclic) bond motifs is 4. The van der Waals surface area contributed by atoms with Crippen molar-refractivity contribution >= 4 is 36.0 Å². The molecule has 0 bridgehead atoms. The summed E-state index contributed by atoms with van der Waals surface area (Å²) in [5.41, 5.74) is 1.72. The lowest BCUT2D eigenvalue weighted by Gasteiger charge is -2.21. The molecule has 0 N–H and O–H groups in total. The molecule has 0 radical (unpaired) electrons. The van der Waals surface area contributed by atoms with Crippen LogP contribution in [0.4, 0.5) is 8.63 Å². The fraction of sp³-hybridized carbons (Fsp3) is 0. The number of nitrogens with zero attached hydrogens (tertiary/aromatic N) is 2. The van der Waals surface area contributed by atoms with Crippen LogP contribution in [-0.4, -0.2) is 23.1 Å². The molecule has 0 atom stereocenters.